The molecule has 2 aromatic carbocycles. The maximum Gasteiger partial charge on any atom is 0.239 e. The van der Waals surface area contributed by atoms with E-state index < -0.39 is 0 Å². The van der Waals surface area contributed by atoms with E-state index in [1.54, 1.807) is 0 Å². The van der Waals surface area contributed by atoms with E-state index in [1.807, 2.05) is 54.6 Å². The summed E-state index contributed by atoms with van der Waals surface area (Å²) < 4.78 is 0. The zero-order chi connectivity index (χ0) is 16.5. The molecule has 0 aliphatic carbocycles. The summed E-state index contributed by atoms with van der Waals surface area (Å²) in [4.78, 5) is 23.7. The monoisotopic (exact) mass is 329 g/mol. The van der Waals surface area contributed by atoms with Gasteiger partial charge in [0.05, 0.1) is 12.3 Å². The van der Waals surface area contributed by atoms with Crippen LogP contribution in [0, 0.1) is 0 Å². The molecule has 6 heteroatoms. The fourth-order valence-corrected chi connectivity index (χ4v) is 2.69. The van der Waals surface area contributed by atoms with Crippen LogP contribution in [0.15, 0.2) is 59.5 Å². The van der Waals surface area contributed by atoms with E-state index in [4.69, 9.17) is 5.73 Å². The molecule has 4 N–H and O–H groups in total. The number of anilines is 1. The second kappa shape index (κ2) is 8.85. The summed E-state index contributed by atoms with van der Waals surface area (Å²) in [6, 6.07) is 17.2. The number of thioether (sulfide) groups is 1. The lowest BCUT2D eigenvalue weighted by Crippen LogP contribution is -2.29. The molecular formula is C17H19N3O2S. The Bertz CT molecular complexity index is 662. The van der Waals surface area contributed by atoms with Gasteiger partial charge >= 0.3 is 0 Å². The van der Waals surface area contributed by atoms with Crippen LogP contribution in [0.3, 0.4) is 0 Å². The third-order valence-electron chi connectivity index (χ3n) is 3.03. The molecule has 0 saturated carbocycles. The molecule has 120 valence electrons. The fourth-order valence-electron chi connectivity index (χ4n) is 1.92. The summed E-state index contributed by atoms with van der Waals surface area (Å²) in [5.41, 5.74) is 7.03. The number of nitrogens with one attached hydrogen (secondary N) is 2. The molecule has 0 unspecified atom stereocenters. The van der Waals surface area contributed by atoms with Gasteiger partial charge in [-0.2, -0.15) is 0 Å². The van der Waals surface area contributed by atoms with E-state index >= 15 is 0 Å². The SMILES string of the molecule is NC(=O)CSc1ccccc1NCC(=O)NCc1ccccc1. The molecular weight excluding hydrogens is 310 g/mol. The third kappa shape index (κ3) is 6.04. The molecule has 2 rings (SSSR count). The molecule has 0 fully saturated rings. The van der Waals surface area contributed by atoms with Crippen LogP contribution in [0.2, 0.25) is 0 Å². The largest absolute Gasteiger partial charge is 0.375 e. The highest BCUT2D eigenvalue weighted by molar-refractivity contribution is 8.00. The minimum atomic E-state index is -0.370. The third-order valence-corrected chi connectivity index (χ3v) is 4.12. The minimum absolute atomic E-state index is 0.0939. The number of carbonyl (C=O) groups excluding carboxylic acids is 2. The van der Waals surface area contributed by atoms with E-state index in [-0.39, 0.29) is 24.1 Å². The lowest BCUT2D eigenvalue weighted by molar-refractivity contribution is -0.119. The van der Waals surface area contributed by atoms with E-state index in [1.165, 1.54) is 11.8 Å². The summed E-state index contributed by atoms with van der Waals surface area (Å²) in [5.74, 6) is -0.257. The van der Waals surface area contributed by atoms with E-state index in [9.17, 15) is 9.59 Å². The van der Waals surface area contributed by atoms with Crippen molar-refractivity contribution in [3.8, 4) is 0 Å². The Kier molecular flexibility index (Phi) is 6.50. The maximum absolute atomic E-state index is 11.9. The van der Waals surface area contributed by atoms with Crippen LogP contribution in [-0.4, -0.2) is 24.1 Å². The molecule has 2 aromatic rings. The average molecular weight is 329 g/mol. The number of hydrogen-bond acceptors (Lipinski definition) is 4. The van der Waals surface area contributed by atoms with Gasteiger partial charge in [0.2, 0.25) is 11.8 Å². The molecule has 0 aliphatic heterocycles. The Morgan fingerprint density at radius 3 is 2.43 bits per heavy atom. The van der Waals surface area contributed by atoms with Gasteiger partial charge in [0, 0.05) is 17.1 Å². The summed E-state index contributed by atoms with van der Waals surface area (Å²) >= 11 is 1.35. The van der Waals surface area contributed by atoms with Crippen LogP contribution in [0.25, 0.3) is 0 Å². The first-order chi connectivity index (χ1) is 11.1. The highest BCUT2D eigenvalue weighted by Gasteiger charge is 2.06. The topological polar surface area (TPSA) is 84.2 Å². The predicted octanol–water partition coefficient (Wildman–Crippen LogP) is 1.99. The Morgan fingerprint density at radius 1 is 1.00 bits per heavy atom. The van der Waals surface area contributed by atoms with Crippen LogP contribution in [-0.2, 0) is 16.1 Å². The minimum Gasteiger partial charge on any atom is -0.375 e. The lowest BCUT2D eigenvalue weighted by Gasteiger charge is -2.11. The van der Waals surface area contributed by atoms with Gasteiger partial charge in [0.25, 0.3) is 0 Å². The first-order valence-electron chi connectivity index (χ1n) is 7.20. The molecule has 0 bridgehead atoms. The van der Waals surface area contributed by atoms with E-state index in [0.717, 1.165) is 16.1 Å². The highest BCUT2D eigenvalue weighted by atomic mass is 32.2. The Hall–Kier alpha value is -2.47. The van der Waals surface area contributed by atoms with Crippen molar-refractivity contribution in [2.24, 2.45) is 5.73 Å². The summed E-state index contributed by atoms with van der Waals surface area (Å²) in [6.45, 7) is 0.667. The van der Waals surface area contributed by atoms with Crippen LogP contribution in [0.5, 0.6) is 0 Å². The number of rotatable bonds is 8. The molecule has 23 heavy (non-hydrogen) atoms. The predicted molar refractivity (Wildman–Crippen MR) is 93.1 cm³/mol. The number of amides is 2. The highest BCUT2D eigenvalue weighted by Crippen LogP contribution is 2.26. The van der Waals surface area contributed by atoms with Crippen LogP contribution in [0.1, 0.15) is 5.56 Å². The molecule has 5 nitrogen and oxygen atoms in total. The van der Waals surface area contributed by atoms with E-state index in [2.05, 4.69) is 10.6 Å². The molecule has 0 saturated heterocycles. The Morgan fingerprint density at radius 2 is 1.70 bits per heavy atom. The van der Waals surface area contributed by atoms with Crippen LogP contribution < -0.4 is 16.4 Å². The Labute approximate surface area is 139 Å². The molecule has 0 aliphatic rings. The fraction of sp³-hybridized carbons (Fsp3) is 0.176. The number of primary amides is 1. The first kappa shape index (κ1) is 16.9. The van der Waals surface area contributed by atoms with Crippen molar-refractivity contribution in [1.29, 1.82) is 0 Å². The lowest BCUT2D eigenvalue weighted by atomic mass is 10.2. The quantitative estimate of drug-likeness (QED) is 0.647. The zero-order valence-corrected chi connectivity index (χ0v) is 13.4. The smallest absolute Gasteiger partial charge is 0.239 e. The second-order valence-electron chi connectivity index (χ2n) is 4.87. The van der Waals surface area contributed by atoms with Gasteiger partial charge in [-0.25, -0.2) is 0 Å². The molecule has 0 heterocycles. The van der Waals surface area contributed by atoms with Gasteiger partial charge in [-0.1, -0.05) is 42.5 Å². The number of nitrogens with two attached hydrogens (primary N) is 1. The molecule has 0 radical (unpaired) electrons. The van der Waals surface area contributed by atoms with Gasteiger partial charge in [-0.15, -0.1) is 11.8 Å². The van der Waals surface area contributed by atoms with Crippen molar-refractivity contribution >= 4 is 29.3 Å². The number of carbonyl (C=O) groups is 2. The number of para-hydroxylation sites is 1. The van der Waals surface area contributed by atoms with Crippen molar-refractivity contribution in [1.82, 2.24) is 5.32 Å². The van der Waals surface area contributed by atoms with E-state index in [0.29, 0.717) is 6.54 Å². The molecule has 0 spiro atoms. The van der Waals surface area contributed by atoms with Crippen molar-refractivity contribution in [3.63, 3.8) is 0 Å². The van der Waals surface area contributed by atoms with Crippen molar-refractivity contribution in [2.75, 3.05) is 17.6 Å². The van der Waals surface area contributed by atoms with Crippen molar-refractivity contribution in [2.45, 2.75) is 11.4 Å². The average Bonchev–Trinajstić information content (AvgIpc) is 2.58. The first-order valence-corrected chi connectivity index (χ1v) is 8.18. The standard InChI is InChI=1S/C17H19N3O2S/c18-16(21)12-23-15-9-5-4-8-14(15)19-11-17(22)20-10-13-6-2-1-3-7-13/h1-9,19H,10-12H2,(H2,18,21)(H,20,22). The Balaban J connectivity index is 1.83. The normalized spacial score (nSPS) is 10.1. The summed E-state index contributed by atoms with van der Waals surface area (Å²) in [5, 5.41) is 5.94. The summed E-state index contributed by atoms with van der Waals surface area (Å²) in [7, 11) is 0. The van der Waals surface area contributed by atoms with Crippen molar-refractivity contribution < 1.29 is 9.59 Å². The van der Waals surface area contributed by atoms with Gasteiger partial charge < -0.3 is 16.4 Å². The zero-order valence-electron chi connectivity index (χ0n) is 12.6. The van der Waals surface area contributed by atoms with Gasteiger partial charge in [-0.05, 0) is 17.7 Å². The summed E-state index contributed by atoms with van der Waals surface area (Å²) in [6.07, 6.45) is 0. The van der Waals surface area contributed by atoms with Crippen LogP contribution in [0.4, 0.5) is 5.69 Å². The van der Waals surface area contributed by atoms with Gasteiger partial charge in [-0.3, -0.25) is 9.59 Å². The van der Waals surface area contributed by atoms with Gasteiger partial charge in [0.15, 0.2) is 0 Å². The molecule has 0 aromatic heterocycles. The van der Waals surface area contributed by atoms with Crippen molar-refractivity contribution in [3.05, 3.63) is 60.2 Å². The number of hydrogen-bond donors (Lipinski definition) is 3. The number of benzene rings is 2. The van der Waals surface area contributed by atoms with Crippen LogP contribution >= 0.6 is 11.8 Å². The molecule has 0 atom stereocenters. The maximum atomic E-state index is 11.9. The molecule has 2 amide bonds. The second-order valence-corrected chi connectivity index (χ2v) is 5.88. The van der Waals surface area contributed by atoms with Gasteiger partial charge in [0.1, 0.15) is 0 Å².